The average Bonchev–Trinajstić information content (AvgIpc) is 2.20. The predicted octanol–water partition coefficient (Wildman–Crippen LogP) is 2.84. The van der Waals surface area contributed by atoms with Crippen LogP contribution >= 0.6 is 0 Å². The molecule has 0 amide bonds. The highest BCUT2D eigenvalue weighted by Gasteiger charge is 2.11. The number of ether oxygens (including phenoxy) is 1. The molecule has 0 spiro atoms. The Morgan fingerprint density at radius 1 is 1.38 bits per heavy atom. The lowest BCUT2D eigenvalue weighted by atomic mass is 9.97. The van der Waals surface area contributed by atoms with Crippen molar-refractivity contribution < 1.29 is 9.84 Å². The van der Waals surface area contributed by atoms with Gasteiger partial charge in [-0.25, -0.2) is 0 Å². The molecule has 3 N–H and O–H groups in total. The van der Waals surface area contributed by atoms with E-state index < -0.39 is 0 Å². The quantitative estimate of drug-likeness (QED) is 0.807. The summed E-state index contributed by atoms with van der Waals surface area (Å²) < 4.78 is 5.33. The summed E-state index contributed by atoms with van der Waals surface area (Å²) in [6.07, 6.45) is 0.927. The zero-order chi connectivity index (χ0) is 12.1. The summed E-state index contributed by atoms with van der Waals surface area (Å²) in [5, 5.41) is 9.56. The van der Waals surface area contributed by atoms with Gasteiger partial charge in [0.2, 0.25) is 0 Å². The summed E-state index contributed by atoms with van der Waals surface area (Å²) in [5.41, 5.74) is 7.08. The van der Waals surface area contributed by atoms with Crippen molar-refractivity contribution in [1.82, 2.24) is 0 Å². The van der Waals surface area contributed by atoms with E-state index in [1.807, 2.05) is 19.1 Å². The highest BCUT2D eigenvalue weighted by atomic mass is 16.5. The minimum absolute atomic E-state index is 0.000180. The molecule has 0 bridgehead atoms. The maximum absolute atomic E-state index is 9.56. The molecular formula is C13H21NO2. The number of aromatic hydroxyl groups is 1. The molecule has 3 nitrogen and oxygen atoms in total. The van der Waals surface area contributed by atoms with Crippen LogP contribution in [0.3, 0.4) is 0 Å². The van der Waals surface area contributed by atoms with Gasteiger partial charge in [0.05, 0.1) is 6.61 Å². The molecule has 0 heterocycles. The Labute approximate surface area is 97.2 Å². The minimum atomic E-state index is -0.000180. The number of phenols is 1. The summed E-state index contributed by atoms with van der Waals surface area (Å²) >= 11 is 0. The van der Waals surface area contributed by atoms with Crippen LogP contribution in [-0.2, 0) is 0 Å². The van der Waals surface area contributed by atoms with Crippen molar-refractivity contribution in [3.63, 3.8) is 0 Å². The first kappa shape index (κ1) is 12.8. The Morgan fingerprint density at radius 3 is 2.62 bits per heavy atom. The van der Waals surface area contributed by atoms with Crippen LogP contribution in [0, 0.1) is 5.92 Å². The SMILES string of the molecule is CCOc1cc([C@@H](N)CC(C)C)ccc1O. The first-order chi connectivity index (χ1) is 7.54. The molecule has 0 aliphatic heterocycles. The van der Waals surface area contributed by atoms with E-state index in [9.17, 15) is 5.11 Å². The summed E-state index contributed by atoms with van der Waals surface area (Å²) in [6.45, 7) is 6.71. The van der Waals surface area contributed by atoms with Crippen LogP contribution in [0.5, 0.6) is 11.5 Å². The van der Waals surface area contributed by atoms with Gasteiger partial charge >= 0.3 is 0 Å². The molecule has 0 saturated heterocycles. The van der Waals surface area contributed by atoms with Crippen LogP contribution in [0.4, 0.5) is 0 Å². The van der Waals surface area contributed by atoms with Gasteiger partial charge in [0.1, 0.15) is 0 Å². The Bertz CT molecular complexity index is 337. The van der Waals surface area contributed by atoms with Crippen LogP contribution < -0.4 is 10.5 Å². The second-order valence-electron chi connectivity index (χ2n) is 4.40. The van der Waals surface area contributed by atoms with E-state index in [1.54, 1.807) is 6.07 Å². The van der Waals surface area contributed by atoms with Gasteiger partial charge in [0.25, 0.3) is 0 Å². The van der Waals surface area contributed by atoms with Gasteiger partial charge in [-0.15, -0.1) is 0 Å². The average molecular weight is 223 g/mol. The molecule has 1 aromatic rings. The lowest BCUT2D eigenvalue weighted by molar-refractivity contribution is 0.317. The second kappa shape index (κ2) is 5.75. The summed E-state index contributed by atoms with van der Waals surface area (Å²) in [7, 11) is 0. The number of hydrogen-bond donors (Lipinski definition) is 2. The van der Waals surface area contributed by atoms with Crippen LogP contribution in [0.1, 0.15) is 38.8 Å². The Balaban J connectivity index is 2.84. The molecule has 0 radical (unpaired) electrons. The van der Waals surface area contributed by atoms with Crippen molar-refractivity contribution >= 4 is 0 Å². The highest BCUT2D eigenvalue weighted by Crippen LogP contribution is 2.30. The number of hydrogen-bond acceptors (Lipinski definition) is 3. The van der Waals surface area contributed by atoms with Crippen LogP contribution in [0.25, 0.3) is 0 Å². The molecule has 3 heteroatoms. The molecule has 0 fully saturated rings. The molecule has 0 saturated carbocycles. The van der Waals surface area contributed by atoms with Gasteiger partial charge in [-0.3, -0.25) is 0 Å². The molecule has 0 unspecified atom stereocenters. The number of benzene rings is 1. The first-order valence-corrected chi connectivity index (χ1v) is 5.75. The molecular weight excluding hydrogens is 202 g/mol. The third kappa shape index (κ3) is 3.42. The molecule has 1 aromatic carbocycles. The fraction of sp³-hybridized carbons (Fsp3) is 0.538. The third-order valence-electron chi connectivity index (χ3n) is 2.44. The Hall–Kier alpha value is -1.22. The van der Waals surface area contributed by atoms with E-state index in [4.69, 9.17) is 10.5 Å². The molecule has 0 aliphatic carbocycles. The van der Waals surface area contributed by atoms with Gasteiger partial charge in [0.15, 0.2) is 11.5 Å². The molecule has 90 valence electrons. The molecule has 1 rings (SSSR count). The van der Waals surface area contributed by atoms with E-state index in [1.165, 1.54) is 0 Å². The standard InChI is InChI=1S/C13H21NO2/c1-4-16-13-8-10(5-6-12(13)15)11(14)7-9(2)3/h5-6,8-9,11,15H,4,7,14H2,1-3H3/t11-/m0/s1. The topological polar surface area (TPSA) is 55.5 Å². The highest BCUT2D eigenvalue weighted by molar-refractivity contribution is 5.42. The fourth-order valence-electron chi connectivity index (χ4n) is 1.68. The zero-order valence-corrected chi connectivity index (χ0v) is 10.2. The third-order valence-corrected chi connectivity index (χ3v) is 2.44. The van der Waals surface area contributed by atoms with Crippen molar-refractivity contribution in [1.29, 1.82) is 0 Å². The van der Waals surface area contributed by atoms with Gasteiger partial charge in [-0.05, 0) is 37.0 Å². The maximum atomic E-state index is 9.56. The van der Waals surface area contributed by atoms with Crippen molar-refractivity contribution in [2.24, 2.45) is 11.7 Å². The molecule has 0 aromatic heterocycles. The van der Waals surface area contributed by atoms with Gasteiger partial charge in [-0.2, -0.15) is 0 Å². The van der Waals surface area contributed by atoms with Crippen molar-refractivity contribution in [3.8, 4) is 11.5 Å². The summed E-state index contributed by atoms with van der Waals surface area (Å²) in [5.74, 6) is 1.24. The van der Waals surface area contributed by atoms with E-state index in [0.29, 0.717) is 18.3 Å². The zero-order valence-electron chi connectivity index (χ0n) is 10.2. The van der Waals surface area contributed by atoms with Gasteiger partial charge < -0.3 is 15.6 Å². The summed E-state index contributed by atoms with van der Waals surface area (Å²) in [6, 6.07) is 5.32. The van der Waals surface area contributed by atoms with E-state index in [2.05, 4.69) is 13.8 Å². The molecule has 16 heavy (non-hydrogen) atoms. The van der Waals surface area contributed by atoms with Crippen molar-refractivity contribution in [3.05, 3.63) is 23.8 Å². The Kier molecular flexibility index (Phi) is 4.62. The normalized spacial score (nSPS) is 12.8. The monoisotopic (exact) mass is 223 g/mol. The minimum Gasteiger partial charge on any atom is -0.504 e. The molecule has 1 atom stereocenters. The van der Waals surface area contributed by atoms with Crippen molar-refractivity contribution in [2.45, 2.75) is 33.2 Å². The Morgan fingerprint density at radius 2 is 2.06 bits per heavy atom. The maximum Gasteiger partial charge on any atom is 0.161 e. The lowest BCUT2D eigenvalue weighted by Gasteiger charge is -2.16. The van der Waals surface area contributed by atoms with E-state index in [0.717, 1.165) is 12.0 Å². The van der Waals surface area contributed by atoms with Gasteiger partial charge in [-0.1, -0.05) is 19.9 Å². The lowest BCUT2D eigenvalue weighted by Crippen LogP contribution is -2.13. The fourth-order valence-corrected chi connectivity index (χ4v) is 1.68. The van der Waals surface area contributed by atoms with Crippen molar-refractivity contribution in [2.75, 3.05) is 6.61 Å². The summed E-state index contributed by atoms with van der Waals surface area (Å²) in [4.78, 5) is 0. The number of rotatable bonds is 5. The van der Waals surface area contributed by atoms with Gasteiger partial charge in [0, 0.05) is 6.04 Å². The smallest absolute Gasteiger partial charge is 0.161 e. The van der Waals surface area contributed by atoms with E-state index in [-0.39, 0.29) is 11.8 Å². The first-order valence-electron chi connectivity index (χ1n) is 5.75. The predicted molar refractivity (Wildman–Crippen MR) is 65.7 cm³/mol. The second-order valence-corrected chi connectivity index (χ2v) is 4.40. The van der Waals surface area contributed by atoms with Crippen LogP contribution in [0.15, 0.2) is 18.2 Å². The van der Waals surface area contributed by atoms with E-state index >= 15 is 0 Å². The van der Waals surface area contributed by atoms with Crippen LogP contribution in [0.2, 0.25) is 0 Å². The number of phenolic OH excluding ortho intramolecular Hbond substituents is 1. The largest absolute Gasteiger partial charge is 0.504 e. The molecule has 0 aliphatic rings. The number of nitrogens with two attached hydrogens (primary N) is 1. The van der Waals surface area contributed by atoms with Crippen LogP contribution in [-0.4, -0.2) is 11.7 Å².